The Balaban J connectivity index is 2.34. The standard InChI is InChI=1S/C17H25N3O3S/c1-7-23-16(21)13-10(3)14(19-11(13)4)15-12(5)24-17(20-15)18-9(2)8-22-6/h9,19H,7-8H2,1-6H3,(H,18,20)/t9-/m1/s1. The maximum Gasteiger partial charge on any atom is 0.340 e. The van der Waals surface area contributed by atoms with Crippen molar-refractivity contribution in [3.63, 3.8) is 0 Å². The highest BCUT2D eigenvalue weighted by Crippen LogP contribution is 2.34. The maximum absolute atomic E-state index is 12.2. The second kappa shape index (κ2) is 7.81. The minimum atomic E-state index is -0.296. The largest absolute Gasteiger partial charge is 0.462 e. The molecule has 0 aliphatic rings. The molecular weight excluding hydrogens is 326 g/mol. The van der Waals surface area contributed by atoms with Crippen molar-refractivity contribution >= 4 is 22.4 Å². The van der Waals surface area contributed by atoms with Gasteiger partial charge in [0.25, 0.3) is 0 Å². The number of rotatable bonds is 7. The first-order chi connectivity index (χ1) is 11.4. The number of aromatic amines is 1. The van der Waals surface area contributed by atoms with Crippen LogP contribution >= 0.6 is 11.3 Å². The Kier molecular flexibility index (Phi) is 6.01. The lowest BCUT2D eigenvalue weighted by Crippen LogP contribution is -2.20. The van der Waals surface area contributed by atoms with Crippen LogP contribution < -0.4 is 5.32 Å². The maximum atomic E-state index is 12.2. The molecule has 0 bridgehead atoms. The smallest absolute Gasteiger partial charge is 0.340 e. The predicted molar refractivity (Wildman–Crippen MR) is 97.0 cm³/mol. The zero-order valence-electron chi connectivity index (χ0n) is 15.1. The van der Waals surface area contributed by atoms with E-state index in [2.05, 4.69) is 10.3 Å². The Morgan fingerprint density at radius 1 is 1.38 bits per heavy atom. The van der Waals surface area contributed by atoms with Gasteiger partial charge in [-0.2, -0.15) is 0 Å². The summed E-state index contributed by atoms with van der Waals surface area (Å²) in [6, 6.07) is 0.176. The van der Waals surface area contributed by atoms with E-state index in [0.717, 1.165) is 32.7 Å². The highest BCUT2D eigenvalue weighted by molar-refractivity contribution is 7.16. The molecule has 0 aromatic carbocycles. The van der Waals surface area contributed by atoms with E-state index in [-0.39, 0.29) is 12.0 Å². The van der Waals surface area contributed by atoms with E-state index in [1.807, 2.05) is 27.7 Å². The first-order valence-corrected chi connectivity index (χ1v) is 8.80. The van der Waals surface area contributed by atoms with Crippen LogP contribution in [0.2, 0.25) is 0 Å². The molecular formula is C17H25N3O3S. The summed E-state index contributed by atoms with van der Waals surface area (Å²) in [7, 11) is 1.68. The van der Waals surface area contributed by atoms with Gasteiger partial charge in [0.15, 0.2) is 5.13 Å². The lowest BCUT2D eigenvalue weighted by molar-refractivity contribution is 0.0525. The van der Waals surface area contributed by atoms with Crippen molar-refractivity contribution in [1.82, 2.24) is 9.97 Å². The summed E-state index contributed by atoms with van der Waals surface area (Å²) in [6.07, 6.45) is 0. The van der Waals surface area contributed by atoms with Gasteiger partial charge in [-0.15, -0.1) is 11.3 Å². The average Bonchev–Trinajstić information content (AvgIpc) is 2.99. The van der Waals surface area contributed by atoms with Crippen molar-refractivity contribution in [3.05, 3.63) is 21.7 Å². The minimum Gasteiger partial charge on any atom is -0.462 e. The molecule has 2 heterocycles. The van der Waals surface area contributed by atoms with E-state index in [4.69, 9.17) is 14.5 Å². The Labute approximate surface area is 146 Å². The van der Waals surface area contributed by atoms with Crippen LogP contribution in [0.15, 0.2) is 0 Å². The number of methoxy groups -OCH3 is 1. The number of hydrogen-bond acceptors (Lipinski definition) is 6. The lowest BCUT2D eigenvalue weighted by Gasteiger charge is -2.10. The fourth-order valence-electron chi connectivity index (χ4n) is 2.69. The van der Waals surface area contributed by atoms with E-state index < -0.39 is 0 Å². The summed E-state index contributed by atoms with van der Waals surface area (Å²) in [5.74, 6) is -0.296. The number of aromatic nitrogens is 2. The van der Waals surface area contributed by atoms with Gasteiger partial charge >= 0.3 is 5.97 Å². The number of esters is 1. The van der Waals surface area contributed by atoms with Crippen molar-refractivity contribution in [2.45, 2.75) is 40.7 Å². The van der Waals surface area contributed by atoms with Gasteiger partial charge in [-0.05, 0) is 40.2 Å². The molecule has 0 spiro atoms. The van der Waals surface area contributed by atoms with Crippen LogP contribution in [0, 0.1) is 20.8 Å². The van der Waals surface area contributed by atoms with Gasteiger partial charge < -0.3 is 19.8 Å². The van der Waals surface area contributed by atoms with Gasteiger partial charge in [0.1, 0.15) is 5.69 Å². The van der Waals surface area contributed by atoms with Crippen molar-refractivity contribution in [2.24, 2.45) is 0 Å². The predicted octanol–water partition coefficient (Wildman–Crippen LogP) is 3.69. The SMILES string of the molecule is CCOC(=O)c1c(C)[nH]c(-c2nc(N[C@H](C)COC)sc2C)c1C. The third kappa shape index (κ3) is 3.79. The monoisotopic (exact) mass is 351 g/mol. The highest BCUT2D eigenvalue weighted by atomic mass is 32.1. The first-order valence-electron chi connectivity index (χ1n) is 7.98. The molecule has 0 aliphatic carbocycles. The molecule has 7 heteroatoms. The molecule has 24 heavy (non-hydrogen) atoms. The highest BCUT2D eigenvalue weighted by Gasteiger charge is 2.23. The zero-order valence-corrected chi connectivity index (χ0v) is 15.9. The Morgan fingerprint density at radius 3 is 2.71 bits per heavy atom. The molecule has 0 aliphatic heterocycles. The Morgan fingerprint density at radius 2 is 2.08 bits per heavy atom. The van der Waals surface area contributed by atoms with E-state index in [0.29, 0.717) is 18.8 Å². The van der Waals surface area contributed by atoms with Crippen molar-refractivity contribution < 1.29 is 14.3 Å². The van der Waals surface area contributed by atoms with Crippen LogP contribution in [0.25, 0.3) is 11.4 Å². The molecule has 2 rings (SSSR count). The van der Waals surface area contributed by atoms with Crippen LogP contribution in [-0.2, 0) is 9.47 Å². The van der Waals surface area contributed by atoms with Gasteiger partial charge in [0.2, 0.25) is 0 Å². The number of carbonyl (C=O) groups is 1. The van der Waals surface area contributed by atoms with Gasteiger partial charge in [0.05, 0.1) is 24.5 Å². The molecule has 0 saturated heterocycles. The third-order valence-corrected chi connectivity index (χ3v) is 4.64. The van der Waals surface area contributed by atoms with Crippen LogP contribution in [0.4, 0.5) is 5.13 Å². The summed E-state index contributed by atoms with van der Waals surface area (Å²) in [5.41, 5.74) is 4.01. The average molecular weight is 351 g/mol. The molecule has 0 fully saturated rings. The van der Waals surface area contributed by atoms with Crippen LogP contribution in [0.3, 0.4) is 0 Å². The summed E-state index contributed by atoms with van der Waals surface area (Å²) in [5, 5.41) is 4.18. The number of thiazole rings is 1. The fourth-order valence-corrected chi connectivity index (χ4v) is 3.62. The number of anilines is 1. The number of ether oxygens (including phenoxy) is 2. The quantitative estimate of drug-likeness (QED) is 0.744. The molecule has 0 saturated carbocycles. The van der Waals surface area contributed by atoms with Gasteiger partial charge in [-0.25, -0.2) is 9.78 Å². The molecule has 6 nitrogen and oxygen atoms in total. The van der Waals surface area contributed by atoms with Crippen LogP contribution in [-0.4, -0.2) is 42.3 Å². The summed E-state index contributed by atoms with van der Waals surface area (Å²) in [4.78, 5) is 21.2. The van der Waals surface area contributed by atoms with Crippen molar-refractivity contribution in [1.29, 1.82) is 0 Å². The molecule has 2 N–H and O–H groups in total. The topological polar surface area (TPSA) is 76.2 Å². The van der Waals surface area contributed by atoms with Gasteiger partial charge in [-0.1, -0.05) is 0 Å². The zero-order chi connectivity index (χ0) is 17.9. The number of nitrogens with zero attached hydrogens (tertiary/aromatic N) is 1. The number of hydrogen-bond donors (Lipinski definition) is 2. The van der Waals surface area contributed by atoms with E-state index in [9.17, 15) is 4.79 Å². The van der Waals surface area contributed by atoms with Crippen LogP contribution in [0.5, 0.6) is 0 Å². The summed E-state index contributed by atoms with van der Waals surface area (Å²) in [6.45, 7) is 10.7. The molecule has 0 unspecified atom stereocenters. The lowest BCUT2D eigenvalue weighted by atomic mass is 10.1. The number of H-pyrrole nitrogens is 1. The summed E-state index contributed by atoms with van der Waals surface area (Å²) >= 11 is 1.59. The van der Waals surface area contributed by atoms with Crippen LogP contribution in [0.1, 0.15) is 40.3 Å². The summed E-state index contributed by atoms with van der Waals surface area (Å²) < 4.78 is 10.3. The third-order valence-electron chi connectivity index (χ3n) is 3.74. The second-order valence-corrected chi connectivity index (χ2v) is 6.97. The van der Waals surface area contributed by atoms with E-state index >= 15 is 0 Å². The Hall–Kier alpha value is -1.86. The molecule has 2 aromatic rings. The normalized spacial score (nSPS) is 12.2. The molecule has 132 valence electrons. The van der Waals surface area contributed by atoms with Gasteiger partial charge in [-0.3, -0.25) is 0 Å². The van der Waals surface area contributed by atoms with Crippen molar-refractivity contribution in [3.8, 4) is 11.4 Å². The van der Waals surface area contributed by atoms with E-state index in [1.54, 1.807) is 25.4 Å². The second-order valence-electron chi connectivity index (χ2n) is 5.77. The molecule has 1 atom stereocenters. The van der Waals surface area contributed by atoms with E-state index in [1.165, 1.54) is 0 Å². The molecule has 0 radical (unpaired) electrons. The minimum absolute atomic E-state index is 0.176. The first kappa shape index (κ1) is 18.5. The fraction of sp³-hybridized carbons (Fsp3) is 0.529. The molecule has 0 amide bonds. The Bertz CT molecular complexity index is 721. The number of carbonyl (C=O) groups excluding carboxylic acids is 1. The number of aryl methyl sites for hydroxylation is 2. The van der Waals surface area contributed by atoms with Gasteiger partial charge in [0, 0.05) is 23.7 Å². The number of nitrogens with one attached hydrogen (secondary N) is 2. The molecule has 2 aromatic heterocycles. The van der Waals surface area contributed by atoms with Crippen molar-refractivity contribution in [2.75, 3.05) is 25.6 Å².